The van der Waals surface area contributed by atoms with Gasteiger partial charge in [-0.1, -0.05) is 115 Å². The van der Waals surface area contributed by atoms with Gasteiger partial charge in [-0.05, 0) is 122 Å². The number of oxazole rings is 2. The van der Waals surface area contributed by atoms with Crippen LogP contribution in [0.2, 0.25) is 0 Å². The van der Waals surface area contributed by atoms with Gasteiger partial charge in [0.2, 0.25) is 0 Å². The number of para-hydroxylation sites is 4. The molecular formula is C50H32N4O2. The lowest BCUT2D eigenvalue weighted by Crippen LogP contribution is -2.10. The van der Waals surface area contributed by atoms with Gasteiger partial charge in [-0.15, -0.1) is 0 Å². The average molecular weight is 721 g/mol. The number of nitrogens with zero attached hydrogens (tertiary/aromatic N) is 4. The van der Waals surface area contributed by atoms with Crippen LogP contribution in [0.3, 0.4) is 0 Å². The first-order valence-electron chi connectivity index (χ1n) is 18.6. The molecule has 0 bridgehead atoms. The number of hydrogen-bond acceptors (Lipinski definition) is 6. The Bertz CT molecular complexity index is 3170. The highest BCUT2D eigenvalue weighted by atomic mass is 16.4. The molecule has 0 spiro atoms. The molecule has 6 nitrogen and oxygen atoms in total. The van der Waals surface area contributed by atoms with E-state index in [1.807, 2.05) is 48.5 Å². The molecule has 0 saturated carbocycles. The molecule has 0 radical (unpaired) electrons. The molecule has 0 aliphatic heterocycles. The van der Waals surface area contributed by atoms with Crippen LogP contribution >= 0.6 is 0 Å². The van der Waals surface area contributed by atoms with Gasteiger partial charge in [-0.2, -0.15) is 9.97 Å². The molecule has 56 heavy (non-hydrogen) atoms. The SMILES string of the molecule is c1ccc2cc(N(c3ccc(-c4ccc5cc(N(c6ccc7ccccc7c6)c6nc7ccccc7o6)ccc5c4)cc3)c3nc4ccccc4o3)ccc2c1. The van der Waals surface area contributed by atoms with Crippen molar-refractivity contribution in [2.24, 2.45) is 0 Å². The first kappa shape index (κ1) is 31.8. The fraction of sp³-hybridized carbons (Fsp3) is 0. The summed E-state index contributed by atoms with van der Waals surface area (Å²) in [6.07, 6.45) is 0. The maximum absolute atomic E-state index is 6.36. The summed E-state index contributed by atoms with van der Waals surface area (Å²) in [6, 6.07) is 68.2. The van der Waals surface area contributed by atoms with E-state index < -0.39 is 0 Å². The summed E-state index contributed by atoms with van der Waals surface area (Å²) in [7, 11) is 0. The summed E-state index contributed by atoms with van der Waals surface area (Å²) in [4.78, 5) is 14.0. The zero-order valence-electron chi connectivity index (χ0n) is 30.1. The Morgan fingerprint density at radius 2 is 0.679 bits per heavy atom. The molecule has 0 unspecified atom stereocenters. The van der Waals surface area contributed by atoms with Gasteiger partial charge in [0.05, 0.1) is 22.7 Å². The fourth-order valence-electron chi connectivity index (χ4n) is 7.64. The summed E-state index contributed by atoms with van der Waals surface area (Å²) >= 11 is 0. The molecule has 2 heterocycles. The van der Waals surface area contributed by atoms with Crippen LogP contribution in [0.1, 0.15) is 0 Å². The van der Waals surface area contributed by atoms with Crippen LogP contribution in [-0.2, 0) is 0 Å². The summed E-state index contributed by atoms with van der Waals surface area (Å²) < 4.78 is 12.7. The van der Waals surface area contributed by atoms with Crippen molar-refractivity contribution in [3.05, 3.63) is 194 Å². The Hall–Kier alpha value is -7.70. The minimum absolute atomic E-state index is 0.520. The topological polar surface area (TPSA) is 58.5 Å². The smallest absolute Gasteiger partial charge is 0.307 e. The Balaban J connectivity index is 0.955. The van der Waals surface area contributed by atoms with E-state index in [0.29, 0.717) is 12.0 Å². The average Bonchev–Trinajstić information content (AvgIpc) is 3.88. The van der Waals surface area contributed by atoms with Crippen LogP contribution in [0.5, 0.6) is 0 Å². The first-order chi connectivity index (χ1) is 27.7. The molecule has 6 heteroatoms. The van der Waals surface area contributed by atoms with Crippen LogP contribution in [0.4, 0.5) is 34.8 Å². The standard InChI is InChI=1S/C50H32N4O2/c1-3-11-36-30-42(26-21-33(36)9-1)53(49-51-45-13-5-7-15-47(45)55-49)41-24-19-35(20-25-41)38-17-18-40-32-44(28-23-39(40)29-38)54(50-52-46-14-6-8-16-48(46)56-50)43-27-22-34-10-2-4-12-37(34)31-43/h1-32H. The van der Waals surface area contributed by atoms with Gasteiger partial charge in [0.15, 0.2) is 11.2 Å². The van der Waals surface area contributed by atoms with Crippen molar-refractivity contribution in [3.63, 3.8) is 0 Å². The monoisotopic (exact) mass is 720 g/mol. The summed E-state index contributed by atoms with van der Waals surface area (Å²) in [5.74, 6) is 0. The molecule has 264 valence electrons. The van der Waals surface area contributed by atoms with Crippen LogP contribution in [0.15, 0.2) is 203 Å². The van der Waals surface area contributed by atoms with Gasteiger partial charge >= 0.3 is 12.0 Å². The van der Waals surface area contributed by atoms with Gasteiger partial charge in [-0.25, -0.2) is 0 Å². The molecule has 0 aliphatic rings. The highest BCUT2D eigenvalue weighted by molar-refractivity contribution is 5.94. The van der Waals surface area contributed by atoms with E-state index in [9.17, 15) is 0 Å². The van der Waals surface area contributed by atoms with Gasteiger partial charge in [0.25, 0.3) is 0 Å². The number of fused-ring (bicyclic) bond motifs is 5. The lowest BCUT2D eigenvalue weighted by Gasteiger charge is -2.22. The van der Waals surface area contributed by atoms with E-state index in [4.69, 9.17) is 18.8 Å². The second kappa shape index (κ2) is 13.0. The third-order valence-electron chi connectivity index (χ3n) is 10.5. The van der Waals surface area contributed by atoms with Gasteiger partial charge in [0.1, 0.15) is 11.0 Å². The maximum atomic E-state index is 6.36. The van der Waals surface area contributed by atoms with E-state index in [1.54, 1.807) is 0 Å². The molecule has 11 rings (SSSR count). The Kier molecular flexibility index (Phi) is 7.38. The molecule has 0 N–H and O–H groups in total. The van der Waals surface area contributed by atoms with E-state index in [-0.39, 0.29) is 0 Å². The maximum Gasteiger partial charge on any atom is 0.307 e. The number of anilines is 6. The number of hydrogen-bond donors (Lipinski definition) is 0. The highest BCUT2D eigenvalue weighted by Gasteiger charge is 2.21. The molecule has 0 saturated heterocycles. The molecule has 0 amide bonds. The van der Waals surface area contributed by atoms with Crippen molar-refractivity contribution in [1.82, 2.24) is 9.97 Å². The van der Waals surface area contributed by atoms with Gasteiger partial charge in [-0.3, -0.25) is 9.80 Å². The fourth-order valence-corrected chi connectivity index (χ4v) is 7.64. The lowest BCUT2D eigenvalue weighted by atomic mass is 10.00. The number of benzene rings is 9. The van der Waals surface area contributed by atoms with Crippen molar-refractivity contribution in [3.8, 4) is 11.1 Å². The zero-order chi connectivity index (χ0) is 37.0. The largest absolute Gasteiger partial charge is 0.423 e. The number of aromatic nitrogens is 2. The minimum Gasteiger partial charge on any atom is -0.423 e. The van der Waals surface area contributed by atoms with Crippen LogP contribution in [0, 0.1) is 0 Å². The predicted octanol–water partition coefficient (Wildman–Crippen LogP) is 14.0. The molecule has 11 aromatic rings. The van der Waals surface area contributed by atoms with Crippen LogP contribution in [0.25, 0.3) is 65.6 Å². The second-order valence-corrected chi connectivity index (χ2v) is 14.0. The Morgan fingerprint density at radius 3 is 1.21 bits per heavy atom. The molecule has 2 aromatic heterocycles. The van der Waals surface area contributed by atoms with Crippen molar-refractivity contribution < 1.29 is 8.83 Å². The molecule has 0 aliphatic carbocycles. The van der Waals surface area contributed by atoms with E-state index >= 15 is 0 Å². The van der Waals surface area contributed by atoms with Crippen molar-refractivity contribution in [1.29, 1.82) is 0 Å². The third kappa shape index (κ3) is 5.60. The Morgan fingerprint density at radius 1 is 0.304 bits per heavy atom. The molecular weight excluding hydrogens is 689 g/mol. The quantitative estimate of drug-likeness (QED) is 0.163. The van der Waals surface area contributed by atoms with Crippen molar-refractivity contribution >= 4 is 89.3 Å². The van der Waals surface area contributed by atoms with E-state index in [2.05, 4.69) is 155 Å². The van der Waals surface area contributed by atoms with Gasteiger partial charge in [0, 0.05) is 0 Å². The van der Waals surface area contributed by atoms with Crippen LogP contribution in [-0.4, -0.2) is 9.97 Å². The molecule has 0 atom stereocenters. The second-order valence-electron chi connectivity index (χ2n) is 14.0. The third-order valence-corrected chi connectivity index (χ3v) is 10.5. The van der Waals surface area contributed by atoms with Crippen molar-refractivity contribution in [2.75, 3.05) is 9.80 Å². The Labute approximate surface area is 322 Å². The lowest BCUT2D eigenvalue weighted by molar-refractivity contribution is 0.608. The molecule has 0 fully saturated rings. The minimum atomic E-state index is 0.520. The van der Waals surface area contributed by atoms with Crippen molar-refractivity contribution in [2.45, 2.75) is 0 Å². The zero-order valence-corrected chi connectivity index (χ0v) is 30.1. The highest BCUT2D eigenvalue weighted by Crippen LogP contribution is 2.41. The summed E-state index contributed by atoms with van der Waals surface area (Å²) in [5, 5.41) is 6.91. The van der Waals surface area contributed by atoms with Crippen LogP contribution < -0.4 is 9.80 Å². The number of rotatable bonds is 7. The first-order valence-corrected chi connectivity index (χ1v) is 18.6. The summed E-state index contributed by atoms with van der Waals surface area (Å²) in [5.41, 5.74) is 9.23. The van der Waals surface area contributed by atoms with Gasteiger partial charge < -0.3 is 8.83 Å². The summed E-state index contributed by atoms with van der Waals surface area (Å²) in [6.45, 7) is 0. The normalized spacial score (nSPS) is 11.6. The van der Waals surface area contributed by atoms with E-state index in [1.165, 1.54) is 10.8 Å². The predicted molar refractivity (Wildman–Crippen MR) is 229 cm³/mol. The van der Waals surface area contributed by atoms with E-state index in [0.717, 1.165) is 77.6 Å². The molecule has 9 aromatic carbocycles.